The maximum Gasteiger partial charge on any atom is 0.278 e. The van der Waals surface area contributed by atoms with Crippen LogP contribution in [0.3, 0.4) is 0 Å². The van der Waals surface area contributed by atoms with Gasteiger partial charge in [-0.2, -0.15) is 0 Å². The molecule has 0 fully saturated rings. The summed E-state index contributed by atoms with van der Waals surface area (Å²) < 4.78 is 89.3. The van der Waals surface area contributed by atoms with E-state index in [9.17, 15) is 58.8 Å². The molecule has 36 heteroatoms. The Morgan fingerprint density at radius 3 is 0.699 bits per heavy atom. The number of nitrogens with zero attached hydrogens (tertiary/aromatic N) is 16. The summed E-state index contributed by atoms with van der Waals surface area (Å²) >= 11 is 0. The topological polar surface area (TPSA) is 352 Å². The molecule has 8 aliphatic rings. The number of fused-ring (bicyclic) bond motifs is 20. The summed E-state index contributed by atoms with van der Waals surface area (Å²) in [6.45, 7) is 8.60. The molecule has 4 amide bonds. The Balaban J connectivity index is 0.000000126. The van der Waals surface area contributed by atoms with E-state index in [1.54, 1.807) is 186 Å². The number of rotatable bonds is 8. The second kappa shape index (κ2) is 39.5. The first kappa shape index (κ1) is 91.3. The highest BCUT2D eigenvalue weighted by Crippen LogP contribution is 2.45. The van der Waals surface area contributed by atoms with E-state index in [4.69, 9.17) is 18.9 Å². The van der Waals surface area contributed by atoms with Crippen molar-refractivity contribution >= 4 is 23.6 Å². The molecule has 0 spiro atoms. The summed E-state index contributed by atoms with van der Waals surface area (Å²) in [7, 11) is 0. The van der Waals surface area contributed by atoms with E-state index in [1.807, 2.05) is 76.3 Å². The summed E-state index contributed by atoms with van der Waals surface area (Å²) in [5.74, 6) is -6.19. The number of amides is 4. The molecule has 8 bridgehead atoms. The van der Waals surface area contributed by atoms with Crippen LogP contribution >= 0.6 is 0 Å². The monoisotopic (exact) mass is 1850 g/mol. The lowest BCUT2D eigenvalue weighted by Gasteiger charge is -2.45. The third-order valence-electron chi connectivity index (χ3n) is 24.6. The van der Waals surface area contributed by atoms with Crippen molar-refractivity contribution in [2.75, 3.05) is 73.1 Å². The van der Waals surface area contributed by atoms with E-state index in [0.717, 1.165) is 0 Å². The van der Waals surface area contributed by atoms with Gasteiger partial charge in [0.25, 0.3) is 23.6 Å². The van der Waals surface area contributed by atoms with Gasteiger partial charge < -0.3 is 59.0 Å². The number of carbonyl (C=O) groups is 4. The number of pyridine rings is 8. The molecular formula is C100H92F4N16O16. The van der Waals surface area contributed by atoms with Gasteiger partial charge in [0.05, 0.1) is 46.9 Å². The number of halogens is 4. The second-order valence-electron chi connectivity index (χ2n) is 32.4. The van der Waals surface area contributed by atoms with Crippen molar-refractivity contribution < 1.29 is 76.1 Å². The van der Waals surface area contributed by atoms with Crippen LogP contribution in [0.25, 0.3) is 0 Å². The number of hydrogen-bond donors (Lipinski definition) is 4. The number of aromatic hydroxyl groups is 4. The summed E-state index contributed by atoms with van der Waals surface area (Å²) in [6.07, 6.45) is 28.9. The van der Waals surface area contributed by atoms with Gasteiger partial charge in [0, 0.05) is 96.1 Å². The predicted octanol–water partition coefficient (Wildman–Crippen LogP) is 11.8. The van der Waals surface area contributed by atoms with Crippen molar-refractivity contribution in [2.24, 2.45) is 0 Å². The zero-order valence-corrected chi connectivity index (χ0v) is 73.9. The molecule has 16 heterocycles. The Morgan fingerprint density at radius 1 is 0.294 bits per heavy atom. The summed E-state index contributed by atoms with van der Waals surface area (Å²) in [5.41, 5.74) is 1.11. The number of benzene rings is 4. The molecule has 32 nitrogen and oxygen atoms in total. The normalized spacial score (nSPS) is 20.6. The van der Waals surface area contributed by atoms with Crippen LogP contribution in [0.4, 0.5) is 17.6 Å². The SMILES string of the molecule is CC[C@@H]1/C=C/COc2c(F)cccc2[C@@H](c2ccccn2)N2CN1C(=O)c1c(O)c(=O)ccn12.CC[C@@H]1/C=C/COc2c(F)cccc2[C@H](c2ccccn2)N2CN1C(=O)c1c(O)c(=O)ccn12.CC[C@H]1/C=C/COc2c(F)cccc2[C@@H](c2ccccn2)N2CN1C(=O)c1c(O)c(=O)ccn12.CC[C@H]1/C=C/COc2c(F)cccc2[C@H](c2ccccn2)N2CN1C(=O)c1c(O)c(=O)ccn12. The summed E-state index contributed by atoms with van der Waals surface area (Å²) in [5, 5.41) is 49.7. The van der Waals surface area contributed by atoms with Crippen LogP contribution in [0.1, 0.15) is 165 Å². The molecule has 0 aliphatic carbocycles. The highest BCUT2D eigenvalue weighted by molar-refractivity contribution is 5.99. The number of para-hydroxylation sites is 4. The van der Waals surface area contributed by atoms with Crippen LogP contribution in [0.15, 0.2) is 287 Å². The van der Waals surface area contributed by atoms with Crippen molar-refractivity contribution in [3.8, 4) is 46.0 Å². The van der Waals surface area contributed by atoms with Gasteiger partial charge in [0.1, 0.15) is 77.3 Å². The van der Waals surface area contributed by atoms with Crippen molar-refractivity contribution in [3.63, 3.8) is 0 Å². The Bertz CT molecular complexity index is 6110. The summed E-state index contributed by atoms with van der Waals surface area (Å²) in [4.78, 5) is 128. The first-order valence-corrected chi connectivity index (χ1v) is 44.1. The summed E-state index contributed by atoms with van der Waals surface area (Å²) in [6, 6.07) is 40.9. The fourth-order valence-corrected chi connectivity index (χ4v) is 18.1. The molecule has 0 radical (unpaired) electrons. The van der Waals surface area contributed by atoms with Crippen LogP contribution in [0, 0.1) is 23.3 Å². The highest BCUT2D eigenvalue weighted by Gasteiger charge is 2.47. The maximum absolute atomic E-state index is 15.0. The van der Waals surface area contributed by atoms with E-state index in [-0.39, 0.29) is 123 Å². The van der Waals surface area contributed by atoms with Gasteiger partial charge in [-0.25, -0.2) is 17.6 Å². The molecule has 136 heavy (non-hydrogen) atoms. The first-order valence-electron chi connectivity index (χ1n) is 44.1. The zero-order valence-electron chi connectivity index (χ0n) is 73.9. The molecule has 8 aliphatic heterocycles. The quantitative estimate of drug-likeness (QED) is 0.0811. The molecule has 4 aromatic carbocycles. The van der Waals surface area contributed by atoms with Gasteiger partial charge in [0.15, 0.2) is 92.0 Å². The van der Waals surface area contributed by atoms with Gasteiger partial charge in [-0.15, -0.1) is 0 Å². The third kappa shape index (κ3) is 17.3. The Kier molecular flexibility index (Phi) is 26.5. The lowest BCUT2D eigenvalue weighted by molar-refractivity contribution is 0.0618. The Morgan fingerprint density at radius 2 is 0.507 bits per heavy atom. The standard InChI is InChI=1S/4C25H23FN4O4/c4*1-2-16-7-6-14-34-24-17(8-5-9-18(24)26)21(19-10-3-4-12-27-19)30-15-28(16)25(33)22-23(32)20(31)11-13-29(22)30/h4*3-13,16,21,32H,2,14-15H2,1H3/b4*7-6+/t2*16-,21+;2*16-,21-/m1010/s1. The van der Waals surface area contributed by atoms with Crippen LogP contribution in [-0.4, -0.2) is 180 Å². The predicted molar refractivity (Wildman–Crippen MR) is 491 cm³/mol. The fraction of sp³-hybridized carbons (Fsp3) is 0.240. The van der Waals surface area contributed by atoms with Crippen LogP contribution in [0.2, 0.25) is 0 Å². The van der Waals surface area contributed by atoms with E-state index in [2.05, 4.69) is 19.9 Å². The molecule has 4 N–H and O–H groups in total. The van der Waals surface area contributed by atoms with Crippen molar-refractivity contribution in [1.82, 2.24) is 58.2 Å². The molecule has 20 rings (SSSR count). The molecule has 8 aromatic heterocycles. The van der Waals surface area contributed by atoms with E-state index >= 15 is 17.6 Å². The van der Waals surface area contributed by atoms with Crippen LogP contribution < -0.4 is 60.7 Å². The van der Waals surface area contributed by atoms with Crippen LogP contribution in [-0.2, 0) is 0 Å². The minimum atomic E-state index is -0.696. The molecule has 0 saturated carbocycles. The van der Waals surface area contributed by atoms with Gasteiger partial charge in [-0.3, -0.25) is 97.0 Å². The molecule has 696 valence electrons. The number of carbonyl (C=O) groups excluding carboxylic acids is 4. The molecule has 0 unspecified atom stereocenters. The zero-order chi connectivity index (χ0) is 95.3. The molecule has 12 aromatic rings. The third-order valence-corrected chi connectivity index (χ3v) is 24.6. The Labute approximate surface area is 775 Å². The lowest BCUT2D eigenvalue weighted by atomic mass is 10.0. The van der Waals surface area contributed by atoms with Gasteiger partial charge in [0.2, 0.25) is 21.7 Å². The van der Waals surface area contributed by atoms with Gasteiger partial charge in [-0.05, 0) is 123 Å². The lowest BCUT2D eigenvalue weighted by Crippen LogP contribution is -2.57. The number of aromatic nitrogens is 8. The minimum absolute atomic E-state index is 0.0769. The first-order chi connectivity index (χ1) is 66.0. The smallest absolute Gasteiger partial charge is 0.278 e. The minimum Gasteiger partial charge on any atom is -0.502 e. The number of hydrogen-bond acceptors (Lipinski definition) is 24. The maximum atomic E-state index is 15.0. The van der Waals surface area contributed by atoms with E-state index in [0.29, 0.717) is 70.7 Å². The van der Waals surface area contributed by atoms with Crippen molar-refractivity contribution in [2.45, 2.75) is 102 Å². The van der Waals surface area contributed by atoms with E-state index in [1.165, 1.54) is 92.0 Å². The molecular weight excluding hydrogens is 1760 g/mol. The van der Waals surface area contributed by atoms with Crippen LogP contribution in [0.5, 0.6) is 46.0 Å². The molecule has 8 atom stereocenters. The van der Waals surface area contributed by atoms with Gasteiger partial charge >= 0.3 is 0 Å². The largest absolute Gasteiger partial charge is 0.502 e. The highest BCUT2D eigenvalue weighted by atomic mass is 19.1. The molecule has 0 saturated heterocycles. The average Bonchev–Trinajstić information content (AvgIpc) is 0.883. The number of ether oxygens (including phenoxy) is 4. The Hall–Kier alpha value is -16.6. The van der Waals surface area contributed by atoms with Crippen molar-refractivity contribution in [1.29, 1.82) is 0 Å². The van der Waals surface area contributed by atoms with E-state index < -0.39 is 116 Å². The average molecular weight is 1850 g/mol. The van der Waals surface area contributed by atoms with Gasteiger partial charge in [-0.1, -0.05) is 125 Å². The van der Waals surface area contributed by atoms with Crippen molar-refractivity contribution in [3.05, 3.63) is 400 Å². The fourth-order valence-electron chi connectivity index (χ4n) is 18.1. The second-order valence-corrected chi connectivity index (χ2v) is 32.4.